The highest BCUT2D eigenvalue weighted by Crippen LogP contribution is 2.54. The Morgan fingerprint density at radius 1 is 1.15 bits per heavy atom. The predicted octanol–water partition coefficient (Wildman–Crippen LogP) is 6.15. The molecular formula is C33H38FN5O. The van der Waals surface area contributed by atoms with Crippen LogP contribution in [0.5, 0.6) is 0 Å². The number of piperidine rings is 1. The van der Waals surface area contributed by atoms with E-state index in [1.54, 1.807) is 6.08 Å². The Labute approximate surface area is 236 Å². The summed E-state index contributed by atoms with van der Waals surface area (Å²) in [5.74, 6) is 0.275. The third kappa shape index (κ3) is 4.71. The van der Waals surface area contributed by atoms with Crippen LogP contribution in [0.4, 0.5) is 10.1 Å². The lowest BCUT2D eigenvalue weighted by Gasteiger charge is -2.42. The van der Waals surface area contributed by atoms with E-state index in [2.05, 4.69) is 52.2 Å². The third-order valence-corrected chi connectivity index (χ3v) is 10.1. The van der Waals surface area contributed by atoms with Crippen molar-refractivity contribution in [1.29, 1.82) is 5.26 Å². The maximum absolute atomic E-state index is 14.7. The van der Waals surface area contributed by atoms with Crippen molar-refractivity contribution in [3.05, 3.63) is 64.9 Å². The van der Waals surface area contributed by atoms with Crippen molar-refractivity contribution in [3.63, 3.8) is 0 Å². The average molecular weight is 540 g/mol. The first-order valence-electron chi connectivity index (χ1n) is 15.1. The number of fused-ring (bicyclic) bond motifs is 1. The molecule has 4 heterocycles. The minimum atomic E-state index is -0.510. The van der Waals surface area contributed by atoms with Crippen LogP contribution in [0.25, 0.3) is 5.57 Å². The van der Waals surface area contributed by atoms with Gasteiger partial charge in [0.15, 0.2) is 0 Å². The van der Waals surface area contributed by atoms with Gasteiger partial charge in [-0.2, -0.15) is 5.26 Å². The fraction of sp³-hybridized carbons (Fsp3) is 0.545. The Bertz CT molecular complexity index is 1350. The Morgan fingerprint density at radius 2 is 2.00 bits per heavy atom. The molecule has 7 rings (SSSR count). The SMILES string of the molecule is C[C@@H]1CN(C2=CC=C(C#N)C3N=CC(F)=C23)C[C@H](CC2CCN(c3ccc(C4=CCC5(CCC5)C4)nc3)CC2)O1. The molecule has 3 aliphatic heterocycles. The number of rotatable bonds is 5. The summed E-state index contributed by atoms with van der Waals surface area (Å²) in [6, 6.07) is 6.15. The number of allylic oxidation sites excluding steroid dienone is 5. The highest BCUT2D eigenvalue weighted by atomic mass is 19.1. The Kier molecular flexibility index (Phi) is 6.62. The van der Waals surface area contributed by atoms with Crippen molar-refractivity contribution in [1.82, 2.24) is 9.88 Å². The number of aromatic nitrogens is 1. The van der Waals surface area contributed by atoms with Crippen LogP contribution in [0, 0.1) is 22.7 Å². The molecule has 6 aliphatic rings. The third-order valence-electron chi connectivity index (χ3n) is 10.1. The molecule has 1 aromatic rings. The zero-order chi connectivity index (χ0) is 27.3. The summed E-state index contributed by atoms with van der Waals surface area (Å²) >= 11 is 0. The first kappa shape index (κ1) is 25.7. The Balaban J connectivity index is 0.947. The van der Waals surface area contributed by atoms with E-state index in [4.69, 9.17) is 9.72 Å². The zero-order valence-corrected chi connectivity index (χ0v) is 23.4. The summed E-state index contributed by atoms with van der Waals surface area (Å²) in [5.41, 5.74) is 6.28. The van der Waals surface area contributed by atoms with Gasteiger partial charge in [-0.25, -0.2) is 4.39 Å². The number of hydrogen-bond acceptors (Lipinski definition) is 6. The molecule has 208 valence electrons. The Hall–Kier alpha value is -3.24. The van der Waals surface area contributed by atoms with Gasteiger partial charge >= 0.3 is 0 Å². The van der Waals surface area contributed by atoms with Gasteiger partial charge in [-0.3, -0.25) is 9.98 Å². The second kappa shape index (κ2) is 10.3. The van der Waals surface area contributed by atoms with Gasteiger partial charge in [-0.15, -0.1) is 0 Å². The Morgan fingerprint density at radius 3 is 2.70 bits per heavy atom. The summed E-state index contributed by atoms with van der Waals surface area (Å²) in [6.45, 7) is 5.61. The molecule has 7 heteroatoms. The van der Waals surface area contributed by atoms with E-state index < -0.39 is 6.04 Å². The molecule has 40 heavy (non-hydrogen) atoms. The van der Waals surface area contributed by atoms with Crippen molar-refractivity contribution < 1.29 is 9.13 Å². The number of hydrogen-bond donors (Lipinski definition) is 0. The van der Waals surface area contributed by atoms with Gasteiger partial charge in [-0.1, -0.05) is 12.5 Å². The van der Waals surface area contributed by atoms with Crippen LogP contribution < -0.4 is 4.90 Å². The fourth-order valence-corrected chi connectivity index (χ4v) is 7.71. The summed E-state index contributed by atoms with van der Waals surface area (Å²) in [7, 11) is 0. The standard InChI is InChI=1S/C33H38FN5O/c1-22-20-39(30-6-3-25(17-35)32-31(30)28(34)19-37-32)21-27(40-22)15-23-8-13-38(14-9-23)26-4-5-29(36-18-26)24-7-12-33(16-24)10-2-11-33/h3-7,18-19,22-23,27,32H,2,8-16,20-21H2,1H3/t22-,27+,32?/m1/s1. The summed E-state index contributed by atoms with van der Waals surface area (Å²) < 4.78 is 21.1. The first-order chi connectivity index (χ1) is 19.5. The number of halogens is 1. The van der Waals surface area contributed by atoms with Gasteiger partial charge in [0.1, 0.15) is 11.9 Å². The first-order valence-corrected chi connectivity index (χ1v) is 15.1. The van der Waals surface area contributed by atoms with Gasteiger partial charge < -0.3 is 14.5 Å². The summed E-state index contributed by atoms with van der Waals surface area (Å²) in [4.78, 5) is 13.8. The molecule has 0 radical (unpaired) electrons. The normalized spacial score (nSPS) is 29.6. The van der Waals surface area contributed by atoms with Crippen molar-refractivity contribution in [2.24, 2.45) is 16.3 Å². The van der Waals surface area contributed by atoms with E-state index in [0.717, 1.165) is 50.3 Å². The number of anilines is 1. The number of nitrogens with zero attached hydrogens (tertiary/aromatic N) is 5. The molecule has 2 saturated heterocycles. The number of pyridine rings is 1. The minimum Gasteiger partial charge on any atom is -0.372 e. The molecule has 3 atom stereocenters. The van der Waals surface area contributed by atoms with Crippen LogP contribution in [0.2, 0.25) is 0 Å². The molecule has 0 bridgehead atoms. The number of aliphatic imine (C=N–C) groups is 1. The van der Waals surface area contributed by atoms with E-state index in [1.165, 1.54) is 49.6 Å². The van der Waals surface area contributed by atoms with Crippen LogP contribution in [0.15, 0.2) is 64.2 Å². The topological polar surface area (TPSA) is 64.8 Å². The number of ether oxygens (including phenoxy) is 1. The fourth-order valence-electron chi connectivity index (χ4n) is 7.71. The van der Waals surface area contributed by atoms with Crippen molar-refractivity contribution in [2.75, 3.05) is 31.1 Å². The summed E-state index contributed by atoms with van der Waals surface area (Å²) in [5, 5.41) is 9.45. The van der Waals surface area contributed by atoms with E-state index in [1.807, 2.05) is 6.08 Å². The van der Waals surface area contributed by atoms with E-state index >= 15 is 0 Å². The van der Waals surface area contributed by atoms with Gasteiger partial charge in [0.2, 0.25) is 0 Å². The van der Waals surface area contributed by atoms with Gasteiger partial charge in [-0.05, 0) is 93.1 Å². The molecule has 0 amide bonds. The molecule has 1 saturated carbocycles. The molecule has 1 unspecified atom stereocenters. The zero-order valence-electron chi connectivity index (χ0n) is 23.4. The molecule has 6 nitrogen and oxygen atoms in total. The lowest BCUT2D eigenvalue weighted by atomic mass is 9.66. The number of nitriles is 1. The highest BCUT2D eigenvalue weighted by molar-refractivity contribution is 5.84. The smallest absolute Gasteiger partial charge is 0.148 e. The van der Waals surface area contributed by atoms with Crippen LogP contribution >= 0.6 is 0 Å². The number of morpholine rings is 1. The molecule has 1 aromatic heterocycles. The van der Waals surface area contributed by atoms with Crippen LogP contribution in [-0.2, 0) is 4.74 Å². The average Bonchev–Trinajstić information content (AvgIpc) is 3.58. The second-order valence-corrected chi connectivity index (χ2v) is 12.7. The maximum atomic E-state index is 14.7. The van der Waals surface area contributed by atoms with Gasteiger partial charge in [0.05, 0.1) is 47.6 Å². The van der Waals surface area contributed by atoms with Crippen LogP contribution in [0.1, 0.15) is 64.0 Å². The van der Waals surface area contributed by atoms with E-state index in [-0.39, 0.29) is 18.0 Å². The van der Waals surface area contributed by atoms with Crippen molar-refractivity contribution in [3.8, 4) is 6.07 Å². The lowest BCUT2D eigenvalue weighted by Crippen LogP contribution is -2.48. The maximum Gasteiger partial charge on any atom is 0.148 e. The molecule has 3 fully saturated rings. The van der Waals surface area contributed by atoms with E-state index in [0.29, 0.717) is 29.0 Å². The van der Waals surface area contributed by atoms with Gasteiger partial charge in [0, 0.05) is 37.4 Å². The van der Waals surface area contributed by atoms with Gasteiger partial charge in [0.25, 0.3) is 0 Å². The molecule has 0 N–H and O–H groups in total. The predicted molar refractivity (Wildman–Crippen MR) is 155 cm³/mol. The quantitative estimate of drug-likeness (QED) is 0.449. The highest BCUT2D eigenvalue weighted by Gasteiger charge is 2.40. The minimum absolute atomic E-state index is 0.0595. The van der Waals surface area contributed by atoms with E-state index in [9.17, 15) is 9.65 Å². The monoisotopic (exact) mass is 539 g/mol. The van der Waals surface area contributed by atoms with Crippen LogP contribution in [-0.4, -0.2) is 60.5 Å². The summed E-state index contributed by atoms with van der Waals surface area (Å²) in [6.07, 6.45) is 19.5. The van der Waals surface area contributed by atoms with Crippen molar-refractivity contribution in [2.45, 2.75) is 76.5 Å². The molecule has 3 aliphatic carbocycles. The molecule has 0 aromatic carbocycles. The second-order valence-electron chi connectivity index (χ2n) is 12.7. The largest absolute Gasteiger partial charge is 0.372 e. The molecular weight excluding hydrogens is 501 g/mol. The lowest BCUT2D eigenvalue weighted by molar-refractivity contribution is -0.0765. The van der Waals surface area contributed by atoms with Crippen LogP contribution in [0.3, 0.4) is 0 Å². The van der Waals surface area contributed by atoms with Crippen molar-refractivity contribution >= 4 is 17.5 Å². The molecule has 1 spiro atoms.